The molecule has 2 N–H and O–H groups in total. The molecule has 0 bridgehead atoms. The normalized spacial score (nSPS) is 31.0. The third-order valence-electron chi connectivity index (χ3n) is 5.30. The van der Waals surface area contributed by atoms with E-state index in [1.165, 1.54) is 25.8 Å². The van der Waals surface area contributed by atoms with Crippen LogP contribution in [0, 0.1) is 5.92 Å². The Morgan fingerprint density at radius 3 is 2.43 bits per heavy atom. The molecule has 2 unspecified atom stereocenters. The van der Waals surface area contributed by atoms with E-state index in [1.54, 1.807) is 4.90 Å². The van der Waals surface area contributed by atoms with Gasteiger partial charge in [0.1, 0.15) is 0 Å². The second-order valence-corrected chi connectivity index (χ2v) is 6.54. The minimum atomic E-state index is -0.733. The Kier molecular flexibility index (Phi) is 4.33. The summed E-state index contributed by atoms with van der Waals surface area (Å²) in [6.45, 7) is 3.38. The van der Waals surface area contributed by atoms with Crippen LogP contribution in [0.1, 0.15) is 38.5 Å². The highest BCUT2D eigenvalue weighted by Crippen LogP contribution is 2.27. The molecule has 0 aromatic rings. The number of carbonyl (C=O) groups excluding carboxylic acids is 1. The number of piperidine rings is 2. The molecule has 3 rings (SSSR count). The molecule has 3 heterocycles. The van der Waals surface area contributed by atoms with Crippen molar-refractivity contribution >= 4 is 12.0 Å². The molecule has 0 saturated carbocycles. The number of fused-ring (bicyclic) bond motifs is 1. The topological polar surface area (TPSA) is 72.9 Å². The van der Waals surface area contributed by atoms with Gasteiger partial charge in [0.05, 0.1) is 5.92 Å². The smallest absolute Gasteiger partial charge is 0.317 e. The molecule has 3 fully saturated rings. The van der Waals surface area contributed by atoms with Crippen LogP contribution in [0.25, 0.3) is 0 Å². The number of likely N-dealkylation sites (tertiary alicyclic amines) is 1. The third kappa shape index (κ3) is 3.15. The quantitative estimate of drug-likeness (QED) is 0.801. The number of aliphatic carboxylic acids is 1. The summed E-state index contributed by atoms with van der Waals surface area (Å²) in [6, 6.07) is 0.783. The monoisotopic (exact) mass is 295 g/mol. The highest BCUT2D eigenvalue weighted by Gasteiger charge is 2.37. The summed E-state index contributed by atoms with van der Waals surface area (Å²) < 4.78 is 0. The highest BCUT2D eigenvalue weighted by molar-refractivity contribution is 5.75. The average molecular weight is 295 g/mol. The van der Waals surface area contributed by atoms with Crippen LogP contribution in [0.3, 0.4) is 0 Å². The Morgan fingerprint density at radius 2 is 1.71 bits per heavy atom. The third-order valence-corrected chi connectivity index (χ3v) is 5.30. The lowest BCUT2D eigenvalue weighted by Crippen LogP contribution is -2.52. The zero-order valence-corrected chi connectivity index (χ0v) is 12.5. The van der Waals surface area contributed by atoms with Gasteiger partial charge >= 0.3 is 12.0 Å². The van der Waals surface area contributed by atoms with Crippen LogP contribution in [0.5, 0.6) is 0 Å². The number of urea groups is 1. The minimum absolute atomic E-state index is 0.00346. The highest BCUT2D eigenvalue weighted by atomic mass is 16.4. The molecule has 0 aromatic carbocycles. The van der Waals surface area contributed by atoms with Gasteiger partial charge < -0.3 is 15.3 Å². The summed E-state index contributed by atoms with van der Waals surface area (Å²) >= 11 is 0. The molecule has 6 heteroatoms. The van der Waals surface area contributed by atoms with Crippen LogP contribution in [0.4, 0.5) is 4.79 Å². The second kappa shape index (κ2) is 6.22. The van der Waals surface area contributed by atoms with Gasteiger partial charge in [-0.3, -0.25) is 9.69 Å². The Hall–Kier alpha value is -1.30. The van der Waals surface area contributed by atoms with Crippen LogP contribution in [-0.4, -0.2) is 65.2 Å². The van der Waals surface area contributed by atoms with Crippen LogP contribution in [-0.2, 0) is 4.79 Å². The van der Waals surface area contributed by atoms with Gasteiger partial charge in [0, 0.05) is 31.7 Å². The van der Waals surface area contributed by atoms with Crippen molar-refractivity contribution in [1.29, 1.82) is 0 Å². The van der Waals surface area contributed by atoms with E-state index in [0.717, 1.165) is 13.0 Å². The fourth-order valence-corrected chi connectivity index (χ4v) is 4.00. The number of rotatable bonds is 2. The van der Waals surface area contributed by atoms with E-state index in [1.807, 2.05) is 0 Å². The molecule has 3 aliphatic heterocycles. The predicted molar refractivity (Wildman–Crippen MR) is 78.1 cm³/mol. The van der Waals surface area contributed by atoms with Crippen LogP contribution < -0.4 is 5.32 Å². The van der Waals surface area contributed by atoms with Crippen molar-refractivity contribution in [3.8, 4) is 0 Å². The maximum absolute atomic E-state index is 12.4. The van der Waals surface area contributed by atoms with Gasteiger partial charge in [0.15, 0.2) is 0 Å². The van der Waals surface area contributed by atoms with Gasteiger partial charge in [-0.2, -0.15) is 0 Å². The maximum Gasteiger partial charge on any atom is 0.317 e. The Bertz CT molecular complexity index is 407. The van der Waals surface area contributed by atoms with E-state index in [-0.39, 0.29) is 18.0 Å². The van der Waals surface area contributed by atoms with Crippen LogP contribution in [0.2, 0.25) is 0 Å². The number of nitrogens with zero attached hydrogens (tertiary/aromatic N) is 2. The van der Waals surface area contributed by atoms with Gasteiger partial charge in [-0.05, 0) is 38.6 Å². The van der Waals surface area contributed by atoms with Gasteiger partial charge in [0.25, 0.3) is 0 Å². The number of hydrogen-bond donors (Lipinski definition) is 2. The fraction of sp³-hybridized carbons (Fsp3) is 0.867. The number of hydrogen-bond acceptors (Lipinski definition) is 3. The molecule has 0 radical (unpaired) electrons. The Labute approximate surface area is 125 Å². The lowest BCUT2D eigenvalue weighted by atomic mass is 9.97. The average Bonchev–Trinajstić information content (AvgIpc) is 2.91. The van der Waals surface area contributed by atoms with Gasteiger partial charge in [-0.25, -0.2) is 4.79 Å². The standard InChI is InChI=1S/C15H25N3O3/c19-14(20)11-4-8-18(9-5-11)15(21)16-12-6-10-17-7-2-1-3-13(12)17/h11-13H,1-10H2,(H,16,21)(H,19,20). The zero-order valence-electron chi connectivity index (χ0n) is 12.5. The number of carboxylic acid groups (broad SMARTS) is 1. The largest absolute Gasteiger partial charge is 0.481 e. The van der Waals surface area contributed by atoms with Crippen molar-refractivity contribution in [3.05, 3.63) is 0 Å². The zero-order chi connectivity index (χ0) is 14.8. The summed E-state index contributed by atoms with van der Waals surface area (Å²) in [6.07, 6.45) is 5.91. The summed E-state index contributed by atoms with van der Waals surface area (Å²) in [7, 11) is 0. The SMILES string of the molecule is O=C(O)C1CCN(C(=O)NC2CCN3CCCCC23)CC1. The molecule has 21 heavy (non-hydrogen) atoms. The van der Waals surface area contributed by atoms with Gasteiger partial charge in [-0.1, -0.05) is 6.42 Å². The Balaban J connectivity index is 1.49. The van der Waals surface area contributed by atoms with Crippen LogP contribution >= 0.6 is 0 Å². The second-order valence-electron chi connectivity index (χ2n) is 6.54. The van der Waals surface area contributed by atoms with Crippen molar-refractivity contribution < 1.29 is 14.7 Å². The first-order valence-corrected chi connectivity index (χ1v) is 8.17. The van der Waals surface area contributed by atoms with E-state index in [4.69, 9.17) is 5.11 Å². The Morgan fingerprint density at radius 1 is 0.952 bits per heavy atom. The van der Waals surface area contributed by atoms with Crippen molar-refractivity contribution in [2.45, 2.75) is 50.6 Å². The summed E-state index contributed by atoms with van der Waals surface area (Å²) in [5, 5.41) is 12.2. The van der Waals surface area contributed by atoms with Crippen molar-refractivity contribution in [3.63, 3.8) is 0 Å². The van der Waals surface area contributed by atoms with E-state index < -0.39 is 5.97 Å². The number of carbonyl (C=O) groups is 2. The maximum atomic E-state index is 12.4. The molecule has 2 atom stereocenters. The number of nitrogens with one attached hydrogen (secondary N) is 1. The minimum Gasteiger partial charge on any atom is -0.481 e. The summed E-state index contributed by atoms with van der Waals surface area (Å²) in [5.41, 5.74) is 0. The molecular formula is C15H25N3O3. The molecule has 3 saturated heterocycles. The predicted octanol–water partition coefficient (Wildman–Crippen LogP) is 1.12. The van der Waals surface area contributed by atoms with E-state index >= 15 is 0 Å². The van der Waals surface area contributed by atoms with E-state index in [2.05, 4.69) is 10.2 Å². The van der Waals surface area contributed by atoms with Gasteiger partial charge in [-0.15, -0.1) is 0 Å². The first kappa shape index (κ1) is 14.6. The van der Waals surface area contributed by atoms with Crippen molar-refractivity contribution in [2.24, 2.45) is 5.92 Å². The number of amides is 2. The van der Waals surface area contributed by atoms with Crippen molar-refractivity contribution in [2.75, 3.05) is 26.2 Å². The summed E-state index contributed by atoms with van der Waals surface area (Å²) in [5.74, 6) is -1.02. The molecular weight excluding hydrogens is 270 g/mol. The van der Waals surface area contributed by atoms with E-state index in [9.17, 15) is 9.59 Å². The lowest BCUT2D eigenvalue weighted by Gasteiger charge is -2.35. The lowest BCUT2D eigenvalue weighted by molar-refractivity contribution is -0.143. The molecule has 2 amide bonds. The fourth-order valence-electron chi connectivity index (χ4n) is 4.00. The van der Waals surface area contributed by atoms with E-state index in [0.29, 0.717) is 32.0 Å². The van der Waals surface area contributed by atoms with Crippen LogP contribution in [0.15, 0.2) is 0 Å². The molecule has 0 aliphatic carbocycles. The molecule has 0 spiro atoms. The first-order valence-electron chi connectivity index (χ1n) is 8.17. The molecule has 118 valence electrons. The molecule has 3 aliphatic rings. The molecule has 6 nitrogen and oxygen atoms in total. The number of carboxylic acids is 1. The van der Waals surface area contributed by atoms with Gasteiger partial charge in [0.2, 0.25) is 0 Å². The summed E-state index contributed by atoms with van der Waals surface area (Å²) in [4.78, 5) is 27.6. The molecule has 0 aromatic heterocycles. The van der Waals surface area contributed by atoms with Crippen molar-refractivity contribution in [1.82, 2.24) is 15.1 Å². The first-order chi connectivity index (χ1) is 10.1.